The molecule has 5 heteroatoms. The van der Waals surface area contributed by atoms with Gasteiger partial charge in [0, 0.05) is 6.54 Å². The summed E-state index contributed by atoms with van der Waals surface area (Å²) in [5, 5.41) is 11.2. The van der Waals surface area contributed by atoms with E-state index in [-0.39, 0.29) is 11.9 Å². The fourth-order valence-corrected chi connectivity index (χ4v) is 3.71. The van der Waals surface area contributed by atoms with E-state index < -0.39 is 5.60 Å². The van der Waals surface area contributed by atoms with Gasteiger partial charge in [0.15, 0.2) is 0 Å². The van der Waals surface area contributed by atoms with Gasteiger partial charge < -0.3 is 19.2 Å². The maximum atomic E-state index is 13.0. The van der Waals surface area contributed by atoms with Crippen LogP contribution in [0.1, 0.15) is 47.2 Å². The highest BCUT2D eigenvalue weighted by Crippen LogP contribution is 2.36. The van der Waals surface area contributed by atoms with Gasteiger partial charge in [0.1, 0.15) is 22.9 Å². The lowest BCUT2D eigenvalue weighted by Crippen LogP contribution is -2.48. The van der Waals surface area contributed by atoms with Crippen LogP contribution in [0.25, 0.3) is 0 Å². The van der Waals surface area contributed by atoms with Crippen LogP contribution in [0, 0.1) is 13.8 Å². The van der Waals surface area contributed by atoms with Crippen molar-refractivity contribution < 1.29 is 19.1 Å². The largest absolute Gasteiger partial charge is 0.497 e. The lowest BCUT2D eigenvalue weighted by atomic mass is 9.86. The van der Waals surface area contributed by atoms with E-state index in [4.69, 9.17) is 9.15 Å². The molecule has 134 valence electrons. The zero-order valence-corrected chi connectivity index (χ0v) is 15.2. The minimum Gasteiger partial charge on any atom is -0.497 e. The first kappa shape index (κ1) is 17.5. The van der Waals surface area contributed by atoms with Gasteiger partial charge in [-0.25, -0.2) is 0 Å². The average Bonchev–Trinajstić information content (AvgIpc) is 3.21. The molecule has 2 heterocycles. The SMILES string of the molecule is COc1ccc(C(C)(O)C2CCCN2C(=O)c2cc(C)oc2C)cc1. The predicted octanol–water partition coefficient (Wildman–Crippen LogP) is 3.42. The van der Waals surface area contributed by atoms with Gasteiger partial charge in [-0.3, -0.25) is 4.79 Å². The molecule has 1 aromatic heterocycles. The number of furan rings is 1. The number of amides is 1. The van der Waals surface area contributed by atoms with Gasteiger partial charge >= 0.3 is 0 Å². The Morgan fingerprint density at radius 1 is 1.32 bits per heavy atom. The van der Waals surface area contributed by atoms with Crippen molar-refractivity contribution in [3.05, 3.63) is 53.0 Å². The summed E-state index contributed by atoms with van der Waals surface area (Å²) < 4.78 is 10.7. The van der Waals surface area contributed by atoms with Crippen LogP contribution in [0.2, 0.25) is 0 Å². The highest BCUT2D eigenvalue weighted by atomic mass is 16.5. The van der Waals surface area contributed by atoms with Gasteiger partial charge in [-0.15, -0.1) is 0 Å². The molecule has 0 radical (unpaired) electrons. The first-order valence-electron chi connectivity index (χ1n) is 8.59. The Hall–Kier alpha value is -2.27. The van der Waals surface area contributed by atoms with Crippen molar-refractivity contribution in [2.24, 2.45) is 0 Å². The molecule has 3 rings (SSSR count). The van der Waals surface area contributed by atoms with E-state index in [1.165, 1.54) is 0 Å². The van der Waals surface area contributed by atoms with Crippen molar-refractivity contribution in [1.82, 2.24) is 4.90 Å². The van der Waals surface area contributed by atoms with Crippen molar-refractivity contribution in [2.75, 3.05) is 13.7 Å². The van der Waals surface area contributed by atoms with Crippen molar-refractivity contribution in [3.63, 3.8) is 0 Å². The monoisotopic (exact) mass is 343 g/mol. The first-order valence-corrected chi connectivity index (χ1v) is 8.59. The third kappa shape index (κ3) is 3.16. The van der Waals surface area contributed by atoms with Crippen LogP contribution in [0.5, 0.6) is 5.75 Å². The number of nitrogens with zero attached hydrogens (tertiary/aromatic N) is 1. The highest BCUT2D eigenvalue weighted by molar-refractivity contribution is 5.95. The molecule has 0 aliphatic carbocycles. The van der Waals surface area contributed by atoms with Gasteiger partial charge in [-0.2, -0.15) is 0 Å². The number of methoxy groups -OCH3 is 1. The van der Waals surface area contributed by atoms with Crippen molar-refractivity contribution in [2.45, 2.75) is 45.3 Å². The molecule has 1 fully saturated rings. The smallest absolute Gasteiger partial charge is 0.257 e. The second kappa shape index (κ2) is 6.56. The molecule has 1 aliphatic heterocycles. The Kier molecular flexibility index (Phi) is 4.60. The van der Waals surface area contributed by atoms with Crippen LogP contribution < -0.4 is 4.74 Å². The van der Waals surface area contributed by atoms with Crippen LogP contribution in [0.15, 0.2) is 34.7 Å². The molecule has 0 saturated carbocycles. The summed E-state index contributed by atoms with van der Waals surface area (Å²) in [6.45, 7) is 6.05. The zero-order valence-electron chi connectivity index (χ0n) is 15.2. The second-order valence-corrected chi connectivity index (χ2v) is 6.86. The third-order valence-corrected chi connectivity index (χ3v) is 5.11. The quantitative estimate of drug-likeness (QED) is 0.924. The van der Waals surface area contributed by atoms with Crippen molar-refractivity contribution in [1.29, 1.82) is 0 Å². The molecular formula is C20H25NO4. The maximum Gasteiger partial charge on any atom is 0.257 e. The number of aryl methyl sites for hydroxylation is 2. The topological polar surface area (TPSA) is 62.9 Å². The van der Waals surface area contributed by atoms with Gasteiger partial charge in [-0.1, -0.05) is 12.1 Å². The molecule has 1 aliphatic rings. The molecule has 2 unspecified atom stereocenters. The van der Waals surface area contributed by atoms with Crippen LogP contribution in [0.3, 0.4) is 0 Å². The lowest BCUT2D eigenvalue weighted by Gasteiger charge is -2.37. The average molecular weight is 343 g/mol. The number of rotatable bonds is 4. The summed E-state index contributed by atoms with van der Waals surface area (Å²) in [5.74, 6) is 2.00. The predicted molar refractivity (Wildman–Crippen MR) is 94.8 cm³/mol. The van der Waals surface area contributed by atoms with E-state index in [1.54, 1.807) is 31.9 Å². The molecule has 1 saturated heterocycles. The lowest BCUT2D eigenvalue weighted by molar-refractivity contribution is -0.0177. The van der Waals surface area contributed by atoms with Gasteiger partial charge in [-0.05, 0) is 57.4 Å². The second-order valence-electron chi connectivity index (χ2n) is 6.86. The minimum absolute atomic E-state index is 0.0781. The molecule has 2 aromatic rings. The zero-order chi connectivity index (χ0) is 18.2. The summed E-state index contributed by atoms with van der Waals surface area (Å²) in [6.07, 6.45) is 1.64. The number of aliphatic hydroxyl groups is 1. The van der Waals surface area contributed by atoms with Gasteiger partial charge in [0.25, 0.3) is 5.91 Å². The van der Waals surface area contributed by atoms with Crippen molar-refractivity contribution in [3.8, 4) is 5.75 Å². The van der Waals surface area contributed by atoms with E-state index in [9.17, 15) is 9.90 Å². The number of ether oxygens (including phenoxy) is 1. The van der Waals surface area contributed by atoms with Gasteiger partial charge in [0.2, 0.25) is 0 Å². The number of benzene rings is 1. The molecule has 1 N–H and O–H groups in total. The molecule has 25 heavy (non-hydrogen) atoms. The Morgan fingerprint density at radius 2 is 2.00 bits per heavy atom. The third-order valence-electron chi connectivity index (χ3n) is 5.11. The molecular weight excluding hydrogens is 318 g/mol. The van der Waals surface area contributed by atoms with Gasteiger partial charge in [0.05, 0.1) is 18.7 Å². The van der Waals surface area contributed by atoms with Crippen LogP contribution in [0.4, 0.5) is 0 Å². The Bertz CT molecular complexity index is 761. The fraction of sp³-hybridized carbons (Fsp3) is 0.450. The van der Waals surface area contributed by atoms with E-state index in [0.717, 1.165) is 29.9 Å². The number of carbonyl (C=O) groups is 1. The Labute approximate surface area is 148 Å². The van der Waals surface area contributed by atoms with E-state index in [2.05, 4.69) is 0 Å². The van der Waals surface area contributed by atoms with E-state index in [1.807, 2.05) is 31.2 Å². The molecule has 0 bridgehead atoms. The summed E-state index contributed by atoms with van der Waals surface area (Å²) in [6, 6.07) is 8.86. The highest BCUT2D eigenvalue weighted by Gasteiger charge is 2.43. The first-order chi connectivity index (χ1) is 11.8. The Morgan fingerprint density at radius 3 is 2.56 bits per heavy atom. The number of carbonyl (C=O) groups excluding carboxylic acids is 1. The van der Waals surface area contributed by atoms with Crippen LogP contribution in [-0.4, -0.2) is 35.6 Å². The minimum atomic E-state index is -1.13. The molecule has 5 nitrogen and oxygen atoms in total. The molecule has 1 amide bonds. The summed E-state index contributed by atoms with van der Waals surface area (Å²) in [7, 11) is 1.61. The fourth-order valence-electron chi connectivity index (χ4n) is 3.71. The van der Waals surface area contributed by atoms with E-state index in [0.29, 0.717) is 17.9 Å². The van der Waals surface area contributed by atoms with Crippen LogP contribution in [-0.2, 0) is 5.60 Å². The maximum absolute atomic E-state index is 13.0. The number of hydrogen-bond acceptors (Lipinski definition) is 4. The summed E-state index contributed by atoms with van der Waals surface area (Å²) >= 11 is 0. The number of likely N-dealkylation sites (tertiary alicyclic amines) is 1. The normalized spacial score (nSPS) is 19.7. The Balaban J connectivity index is 1.89. The standard InChI is InChI=1S/C20H25NO4/c1-13-12-17(14(2)25-13)19(22)21-11-5-6-18(21)20(3,23)15-7-9-16(24-4)10-8-15/h7-10,12,18,23H,5-6,11H2,1-4H3. The van der Waals surface area contributed by atoms with Crippen LogP contribution >= 0.6 is 0 Å². The molecule has 2 atom stereocenters. The number of hydrogen-bond donors (Lipinski definition) is 1. The van der Waals surface area contributed by atoms with Crippen molar-refractivity contribution >= 4 is 5.91 Å². The summed E-state index contributed by atoms with van der Waals surface area (Å²) in [4.78, 5) is 14.8. The molecule has 1 aromatic carbocycles. The van der Waals surface area contributed by atoms with E-state index >= 15 is 0 Å². The summed E-state index contributed by atoms with van der Waals surface area (Å²) in [5.41, 5.74) is 0.221. The molecule has 0 spiro atoms.